The van der Waals surface area contributed by atoms with Crippen LogP contribution in [0.25, 0.3) is 0 Å². The minimum Gasteiger partial charge on any atom is -0.346 e. The molecule has 0 aromatic heterocycles. The maximum absolute atomic E-state index is 12.4. The Bertz CT molecular complexity index is 785. The summed E-state index contributed by atoms with van der Waals surface area (Å²) in [6, 6.07) is 13.5. The van der Waals surface area contributed by atoms with Gasteiger partial charge >= 0.3 is 0 Å². The number of aryl methyl sites for hydroxylation is 2. The molecule has 0 saturated carbocycles. The van der Waals surface area contributed by atoms with Crippen LogP contribution in [0, 0.1) is 13.8 Å². The fraction of sp³-hybridized carbons (Fsp3) is 0.333. The number of likely N-dealkylation sites (N-methyl/N-ethyl adjacent to an activating group) is 1. The van der Waals surface area contributed by atoms with Crippen molar-refractivity contribution in [1.82, 2.24) is 10.2 Å². The molecule has 2 N–H and O–H groups in total. The molecule has 0 spiro atoms. The lowest BCUT2D eigenvalue weighted by atomic mass is 10.1. The molecule has 5 nitrogen and oxygen atoms in total. The van der Waals surface area contributed by atoms with Crippen LogP contribution in [0.3, 0.4) is 0 Å². The number of carbonyl (C=O) groups excluding carboxylic acids is 2. The number of amides is 2. The zero-order valence-electron chi connectivity index (χ0n) is 16.2. The Hall–Kier alpha value is -2.18. The third-order valence-corrected chi connectivity index (χ3v) is 5.08. The average Bonchev–Trinajstić information content (AvgIpc) is 2.64. The molecule has 0 heterocycles. The van der Waals surface area contributed by atoms with Gasteiger partial charge in [0.2, 0.25) is 11.8 Å². The van der Waals surface area contributed by atoms with E-state index in [1.807, 2.05) is 75.2 Å². The van der Waals surface area contributed by atoms with Gasteiger partial charge in [-0.3, -0.25) is 14.5 Å². The molecule has 0 aliphatic carbocycles. The molecule has 0 bridgehead atoms. The van der Waals surface area contributed by atoms with Crippen LogP contribution in [-0.4, -0.2) is 36.3 Å². The molecule has 1 unspecified atom stereocenters. The summed E-state index contributed by atoms with van der Waals surface area (Å²) in [5, 5.41) is 5.59. The molecule has 2 amide bonds. The largest absolute Gasteiger partial charge is 0.346 e. The van der Waals surface area contributed by atoms with Crippen LogP contribution in [0.1, 0.15) is 23.6 Å². The van der Waals surface area contributed by atoms with Crippen LogP contribution in [0.4, 0.5) is 5.69 Å². The molecular formula is C21H26BrN3O2. The third-order valence-electron chi connectivity index (χ3n) is 4.55. The van der Waals surface area contributed by atoms with Gasteiger partial charge in [0.25, 0.3) is 0 Å². The molecule has 2 aromatic rings. The van der Waals surface area contributed by atoms with Gasteiger partial charge < -0.3 is 10.6 Å². The molecule has 6 heteroatoms. The Morgan fingerprint density at radius 1 is 1.07 bits per heavy atom. The molecule has 0 saturated heterocycles. The Morgan fingerprint density at radius 2 is 1.67 bits per heavy atom. The number of para-hydroxylation sites is 1. The lowest BCUT2D eigenvalue weighted by molar-refractivity contribution is -0.127. The summed E-state index contributed by atoms with van der Waals surface area (Å²) in [6.07, 6.45) is 0. The van der Waals surface area contributed by atoms with Gasteiger partial charge in [-0.25, -0.2) is 0 Å². The first kappa shape index (κ1) is 21.1. The van der Waals surface area contributed by atoms with E-state index in [0.717, 1.165) is 26.9 Å². The number of halogens is 1. The normalized spacial score (nSPS) is 11.9. The smallest absolute Gasteiger partial charge is 0.243 e. The van der Waals surface area contributed by atoms with Crippen LogP contribution >= 0.6 is 15.9 Å². The summed E-state index contributed by atoms with van der Waals surface area (Å²) in [5.74, 6) is -0.408. The fourth-order valence-electron chi connectivity index (χ4n) is 2.73. The molecule has 1 atom stereocenters. The summed E-state index contributed by atoms with van der Waals surface area (Å²) in [4.78, 5) is 26.5. The molecule has 27 heavy (non-hydrogen) atoms. The lowest BCUT2D eigenvalue weighted by Gasteiger charge is -2.24. The van der Waals surface area contributed by atoms with E-state index in [2.05, 4.69) is 26.6 Å². The summed E-state index contributed by atoms with van der Waals surface area (Å²) in [6.45, 7) is 6.32. The summed E-state index contributed by atoms with van der Waals surface area (Å²) in [5.41, 5.74) is 3.92. The second kappa shape index (κ2) is 9.67. The van der Waals surface area contributed by atoms with Crippen molar-refractivity contribution in [2.45, 2.75) is 33.4 Å². The van der Waals surface area contributed by atoms with Gasteiger partial charge in [0.15, 0.2) is 0 Å². The number of anilines is 1. The lowest BCUT2D eigenvalue weighted by Crippen LogP contribution is -2.45. The highest BCUT2D eigenvalue weighted by atomic mass is 79.9. The molecule has 0 fully saturated rings. The van der Waals surface area contributed by atoms with E-state index in [-0.39, 0.29) is 24.4 Å². The van der Waals surface area contributed by atoms with Gasteiger partial charge in [0.1, 0.15) is 0 Å². The van der Waals surface area contributed by atoms with Crippen molar-refractivity contribution in [2.24, 2.45) is 0 Å². The number of rotatable bonds is 7. The van der Waals surface area contributed by atoms with Gasteiger partial charge in [-0.15, -0.1) is 0 Å². The standard InChI is InChI=1S/C21H26BrN3O2/c1-14-6-5-7-15(2)20(14)24-19(26)12-23-21(27)16(3)25(4)13-17-8-10-18(22)11-9-17/h5-11,16H,12-13H2,1-4H3,(H,23,27)(H,24,26). The molecular weight excluding hydrogens is 406 g/mol. The monoisotopic (exact) mass is 431 g/mol. The van der Waals surface area contributed by atoms with Gasteiger partial charge in [-0.2, -0.15) is 0 Å². The second-order valence-electron chi connectivity index (χ2n) is 6.75. The van der Waals surface area contributed by atoms with E-state index >= 15 is 0 Å². The first-order chi connectivity index (χ1) is 12.8. The van der Waals surface area contributed by atoms with E-state index in [9.17, 15) is 9.59 Å². The van der Waals surface area contributed by atoms with E-state index in [0.29, 0.717) is 6.54 Å². The first-order valence-corrected chi connectivity index (χ1v) is 9.65. The Labute approximate surface area is 169 Å². The van der Waals surface area contributed by atoms with Crippen LogP contribution in [-0.2, 0) is 16.1 Å². The van der Waals surface area contributed by atoms with Gasteiger partial charge in [-0.05, 0) is 56.6 Å². The highest BCUT2D eigenvalue weighted by Gasteiger charge is 2.19. The minimum absolute atomic E-state index is 0.0525. The van der Waals surface area contributed by atoms with Gasteiger partial charge in [0, 0.05) is 16.7 Å². The Balaban J connectivity index is 1.84. The maximum atomic E-state index is 12.4. The quantitative estimate of drug-likeness (QED) is 0.703. The number of benzene rings is 2. The van der Waals surface area contributed by atoms with Crippen molar-refractivity contribution in [1.29, 1.82) is 0 Å². The zero-order chi connectivity index (χ0) is 20.0. The number of nitrogens with zero attached hydrogens (tertiary/aromatic N) is 1. The third kappa shape index (κ3) is 6.19. The zero-order valence-corrected chi connectivity index (χ0v) is 17.8. The highest BCUT2D eigenvalue weighted by Crippen LogP contribution is 2.19. The van der Waals surface area contributed by atoms with Crippen LogP contribution in [0.2, 0.25) is 0 Å². The van der Waals surface area contributed by atoms with E-state index in [1.54, 1.807) is 0 Å². The van der Waals surface area contributed by atoms with Gasteiger partial charge in [-0.1, -0.05) is 46.3 Å². The van der Waals surface area contributed by atoms with E-state index in [1.165, 1.54) is 0 Å². The molecule has 144 valence electrons. The first-order valence-electron chi connectivity index (χ1n) is 8.86. The minimum atomic E-state index is -0.346. The molecule has 0 radical (unpaired) electrons. The fourth-order valence-corrected chi connectivity index (χ4v) is 2.99. The van der Waals surface area contributed by atoms with Crippen molar-refractivity contribution in [3.8, 4) is 0 Å². The average molecular weight is 432 g/mol. The van der Waals surface area contributed by atoms with Crippen LogP contribution < -0.4 is 10.6 Å². The molecule has 2 aromatic carbocycles. The van der Waals surface area contributed by atoms with E-state index in [4.69, 9.17) is 0 Å². The van der Waals surface area contributed by atoms with Crippen molar-refractivity contribution in [2.75, 3.05) is 18.9 Å². The maximum Gasteiger partial charge on any atom is 0.243 e. The van der Waals surface area contributed by atoms with Crippen LogP contribution in [0.15, 0.2) is 46.9 Å². The predicted octanol–water partition coefficient (Wildman–Crippen LogP) is 3.64. The summed E-state index contributed by atoms with van der Waals surface area (Å²) < 4.78 is 1.02. The van der Waals surface area contributed by atoms with Crippen molar-refractivity contribution < 1.29 is 9.59 Å². The molecule has 0 aliphatic heterocycles. The number of hydrogen-bond donors (Lipinski definition) is 2. The Morgan fingerprint density at radius 3 is 2.26 bits per heavy atom. The van der Waals surface area contributed by atoms with Crippen molar-refractivity contribution >= 4 is 33.4 Å². The van der Waals surface area contributed by atoms with Crippen molar-refractivity contribution in [3.63, 3.8) is 0 Å². The summed E-state index contributed by atoms with van der Waals surface area (Å²) >= 11 is 3.41. The topological polar surface area (TPSA) is 61.4 Å². The summed E-state index contributed by atoms with van der Waals surface area (Å²) in [7, 11) is 1.89. The second-order valence-corrected chi connectivity index (χ2v) is 7.67. The number of nitrogens with one attached hydrogen (secondary N) is 2. The van der Waals surface area contributed by atoms with Crippen molar-refractivity contribution in [3.05, 3.63) is 63.6 Å². The molecule has 2 rings (SSSR count). The molecule has 0 aliphatic rings. The van der Waals surface area contributed by atoms with E-state index < -0.39 is 0 Å². The number of hydrogen-bond acceptors (Lipinski definition) is 3. The highest BCUT2D eigenvalue weighted by molar-refractivity contribution is 9.10. The predicted molar refractivity (Wildman–Crippen MR) is 113 cm³/mol. The van der Waals surface area contributed by atoms with Crippen LogP contribution in [0.5, 0.6) is 0 Å². The Kier molecular flexibility index (Phi) is 7.56. The number of carbonyl (C=O) groups is 2. The van der Waals surface area contributed by atoms with Gasteiger partial charge in [0.05, 0.1) is 12.6 Å². The SMILES string of the molecule is Cc1cccc(C)c1NC(=O)CNC(=O)C(C)N(C)Cc1ccc(Br)cc1.